The molecule has 1 aliphatic heterocycles. The summed E-state index contributed by atoms with van der Waals surface area (Å²) in [4.78, 5) is 14.8. The number of hydrogen-bond acceptors (Lipinski definition) is 5. The number of amides is 1. The van der Waals surface area contributed by atoms with Gasteiger partial charge in [0, 0.05) is 24.2 Å². The third-order valence-electron chi connectivity index (χ3n) is 5.18. The van der Waals surface area contributed by atoms with Crippen LogP contribution in [0.5, 0.6) is 5.75 Å². The van der Waals surface area contributed by atoms with Crippen LogP contribution in [0.15, 0.2) is 30.3 Å². The van der Waals surface area contributed by atoms with Crippen LogP contribution in [-0.4, -0.2) is 45.4 Å². The normalized spacial score (nSPS) is 15.3. The van der Waals surface area contributed by atoms with Gasteiger partial charge in [0.2, 0.25) is 5.91 Å². The standard InChI is InChI=1S/C22H25ClF3N3O3/c1-13-10-18(20(31-3)12-16(13)23)27-14(2)21(30)28-17-11-15(22(24,25)26)4-5-19(17)29-6-8-32-9-7-29/h4-5,10-12,14,27H,6-9H2,1-3H3,(H,28,30)/t14-/m1/s1. The van der Waals surface area contributed by atoms with Crippen LogP contribution in [-0.2, 0) is 15.7 Å². The van der Waals surface area contributed by atoms with Crippen LogP contribution in [0.4, 0.5) is 30.2 Å². The highest BCUT2D eigenvalue weighted by atomic mass is 35.5. The fourth-order valence-electron chi connectivity index (χ4n) is 3.38. The molecular weight excluding hydrogens is 447 g/mol. The van der Waals surface area contributed by atoms with E-state index in [2.05, 4.69) is 10.6 Å². The van der Waals surface area contributed by atoms with Crippen LogP contribution in [0.1, 0.15) is 18.1 Å². The average molecular weight is 472 g/mol. The molecule has 0 saturated carbocycles. The first-order valence-electron chi connectivity index (χ1n) is 10.1. The Kier molecular flexibility index (Phi) is 7.40. The van der Waals surface area contributed by atoms with E-state index in [0.29, 0.717) is 48.5 Å². The van der Waals surface area contributed by atoms with Crippen molar-refractivity contribution in [3.63, 3.8) is 0 Å². The molecule has 0 unspecified atom stereocenters. The summed E-state index contributed by atoms with van der Waals surface area (Å²) in [5, 5.41) is 6.21. The second kappa shape index (κ2) is 9.87. The Morgan fingerprint density at radius 1 is 1.19 bits per heavy atom. The van der Waals surface area contributed by atoms with E-state index in [4.69, 9.17) is 21.1 Å². The van der Waals surface area contributed by atoms with Gasteiger partial charge in [-0.2, -0.15) is 13.2 Å². The van der Waals surface area contributed by atoms with E-state index in [-0.39, 0.29) is 5.69 Å². The van der Waals surface area contributed by atoms with Crippen molar-refractivity contribution in [3.8, 4) is 5.75 Å². The molecule has 0 radical (unpaired) electrons. The predicted octanol–water partition coefficient (Wildman–Crippen LogP) is 4.95. The minimum Gasteiger partial charge on any atom is -0.495 e. The molecule has 10 heteroatoms. The summed E-state index contributed by atoms with van der Waals surface area (Å²) in [6, 6.07) is 5.97. The molecule has 2 aromatic rings. The van der Waals surface area contributed by atoms with Gasteiger partial charge in [-0.3, -0.25) is 4.79 Å². The van der Waals surface area contributed by atoms with Crippen LogP contribution in [0, 0.1) is 6.92 Å². The number of nitrogens with zero attached hydrogens (tertiary/aromatic N) is 1. The van der Waals surface area contributed by atoms with Crippen molar-refractivity contribution in [2.24, 2.45) is 0 Å². The lowest BCUT2D eigenvalue weighted by molar-refractivity contribution is -0.137. The lowest BCUT2D eigenvalue weighted by Crippen LogP contribution is -2.37. The zero-order valence-electron chi connectivity index (χ0n) is 18.0. The summed E-state index contributed by atoms with van der Waals surface area (Å²) in [5.41, 5.74) is 1.12. The summed E-state index contributed by atoms with van der Waals surface area (Å²) in [6.45, 7) is 5.38. The van der Waals surface area contributed by atoms with E-state index < -0.39 is 23.7 Å². The van der Waals surface area contributed by atoms with Crippen molar-refractivity contribution in [3.05, 3.63) is 46.5 Å². The summed E-state index contributed by atoms with van der Waals surface area (Å²) in [6.07, 6.45) is -4.53. The third-order valence-corrected chi connectivity index (χ3v) is 5.59. The van der Waals surface area contributed by atoms with Gasteiger partial charge in [-0.1, -0.05) is 11.6 Å². The van der Waals surface area contributed by atoms with Crippen LogP contribution in [0.25, 0.3) is 0 Å². The molecule has 0 aromatic heterocycles. The van der Waals surface area contributed by atoms with Crippen molar-refractivity contribution < 1.29 is 27.4 Å². The van der Waals surface area contributed by atoms with Crippen LogP contribution >= 0.6 is 11.6 Å². The first-order chi connectivity index (χ1) is 15.1. The molecule has 1 atom stereocenters. The minimum absolute atomic E-state index is 0.0969. The van der Waals surface area contributed by atoms with Gasteiger partial charge >= 0.3 is 6.18 Å². The molecule has 2 N–H and O–H groups in total. The van der Waals surface area contributed by atoms with Gasteiger partial charge in [0.25, 0.3) is 0 Å². The van der Waals surface area contributed by atoms with E-state index in [1.807, 2.05) is 11.8 Å². The molecule has 0 spiro atoms. The fourth-order valence-corrected chi connectivity index (χ4v) is 3.53. The van der Waals surface area contributed by atoms with Crippen LogP contribution in [0.3, 0.4) is 0 Å². The van der Waals surface area contributed by atoms with E-state index in [9.17, 15) is 18.0 Å². The maximum absolute atomic E-state index is 13.3. The zero-order valence-corrected chi connectivity index (χ0v) is 18.7. The molecule has 32 heavy (non-hydrogen) atoms. The summed E-state index contributed by atoms with van der Waals surface area (Å²) < 4.78 is 50.5. The Labute approximate surface area is 189 Å². The van der Waals surface area contributed by atoms with E-state index in [1.165, 1.54) is 13.2 Å². The number of rotatable bonds is 6. The molecule has 1 heterocycles. The second-order valence-electron chi connectivity index (χ2n) is 7.49. The molecule has 1 fully saturated rings. The Morgan fingerprint density at radius 2 is 1.88 bits per heavy atom. The zero-order chi connectivity index (χ0) is 23.5. The molecule has 3 rings (SSSR count). The van der Waals surface area contributed by atoms with Crippen molar-refractivity contribution in [1.29, 1.82) is 0 Å². The van der Waals surface area contributed by atoms with Gasteiger partial charge in [-0.15, -0.1) is 0 Å². The molecule has 1 amide bonds. The summed E-state index contributed by atoms with van der Waals surface area (Å²) in [7, 11) is 1.48. The molecule has 6 nitrogen and oxygen atoms in total. The van der Waals surface area contributed by atoms with Crippen LogP contribution in [0.2, 0.25) is 5.02 Å². The average Bonchev–Trinajstić information content (AvgIpc) is 2.76. The van der Waals surface area contributed by atoms with Gasteiger partial charge < -0.3 is 25.0 Å². The Morgan fingerprint density at radius 3 is 2.50 bits per heavy atom. The van der Waals surface area contributed by atoms with E-state index in [1.54, 1.807) is 19.1 Å². The number of carbonyl (C=O) groups excluding carboxylic acids is 1. The molecule has 2 aromatic carbocycles. The van der Waals surface area contributed by atoms with Gasteiger partial charge in [-0.25, -0.2) is 0 Å². The highest BCUT2D eigenvalue weighted by Gasteiger charge is 2.32. The maximum atomic E-state index is 13.3. The first-order valence-corrected chi connectivity index (χ1v) is 10.4. The SMILES string of the molecule is COc1cc(Cl)c(C)cc1N[C@H](C)C(=O)Nc1cc(C(F)(F)F)ccc1N1CCOCC1. The lowest BCUT2D eigenvalue weighted by Gasteiger charge is -2.31. The molecule has 174 valence electrons. The molecular formula is C22H25ClF3N3O3. The van der Waals surface area contributed by atoms with Gasteiger partial charge in [-0.05, 0) is 43.7 Å². The van der Waals surface area contributed by atoms with Crippen molar-refractivity contribution in [2.45, 2.75) is 26.1 Å². The van der Waals surface area contributed by atoms with Gasteiger partial charge in [0.15, 0.2) is 0 Å². The van der Waals surface area contributed by atoms with E-state index in [0.717, 1.165) is 17.7 Å². The number of methoxy groups -OCH3 is 1. The number of halogens is 4. The van der Waals surface area contributed by atoms with Crippen LogP contribution < -0.4 is 20.3 Å². The highest BCUT2D eigenvalue weighted by molar-refractivity contribution is 6.31. The minimum atomic E-state index is -4.53. The molecule has 0 bridgehead atoms. The summed E-state index contributed by atoms with van der Waals surface area (Å²) in [5.74, 6) is -0.0400. The van der Waals surface area contributed by atoms with Gasteiger partial charge in [0.1, 0.15) is 11.8 Å². The Balaban J connectivity index is 1.84. The predicted molar refractivity (Wildman–Crippen MR) is 119 cm³/mol. The summed E-state index contributed by atoms with van der Waals surface area (Å²) >= 11 is 6.12. The Bertz CT molecular complexity index is 979. The quantitative estimate of drug-likeness (QED) is 0.624. The molecule has 1 saturated heterocycles. The monoisotopic (exact) mass is 471 g/mol. The largest absolute Gasteiger partial charge is 0.495 e. The maximum Gasteiger partial charge on any atom is 0.416 e. The first kappa shape index (κ1) is 24.0. The van der Waals surface area contributed by atoms with Crippen molar-refractivity contribution in [2.75, 3.05) is 48.9 Å². The third kappa shape index (κ3) is 5.58. The molecule has 0 aliphatic carbocycles. The number of anilines is 3. The number of aryl methyl sites for hydroxylation is 1. The number of alkyl halides is 3. The highest BCUT2D eigenvalue weighted by Crippen LogP contribution is 2.36. The number of morpholine rings is 1. The number of nitrogens with one attached hydrogen (secondary N) is 2. The van der Waals surface area contributed by atoms with Gasteiger partial charge in [0.05, 0.1) is 42.9 Å². The van der Waals surface area contributed by atoms with Crippen molar-refractivity contribution >= 4 is 34.6 Å². The smallest absolute Gasteiger partial charge is 0.416 e. The Hall–Kier alpha value is -2.65. The lowest BCUT2D eigenvalue weighted by atomic mass is 10.1. The second-order valence-corrected chi connectivity index (χ2v) is 7.89. The topological polar surface area (TPSA) is 62.8 Å². The molecule has 1 aliphatic rings. The number of ether oxygens (including phenoxy) is 2. The van der Waals surface area contributed by atoms with E-state index >= 15 is 0 Å². The fraction of sp³-hybridized carbons (Fsp3) is 0.409. The van der Waals surface area contributed by atoms with Crippen molar-refractivity contribution in [1.82, 2.24) is 0 Å². The number of benzene rings is 2. The number of carbonyl (C=O) groups is 1. The number of hydrogen-bond donors (Lipinski definition) is 2.